The first-order chi connectivity index (χ1) is 7.31. The largest absolute Gasteiger partial charge is 0.389 e. The van der Waals surface area contributed by atoms with Gasteiger partial charge in [0.1, 0.15) is 11.9 Å². The van der Waals surface area contributed by atoms with E-state index >= 15 is 0 Å². The second-order valence-electron chi connectivity index (χ2n) is 4.29. The van der Waals surface area contributed by atoms with E-state index in [4.69, 9.17) is 0 Å². The second kappa shape index (κ2) is 4.44. The number of likely N-dealkylation sites (N-methyl/N-ethyl adjacent to an activating group) is 1. The third-order valence-corrected chi connectivity index (χ3v) is 2.01. The molecule has 1 rings (SSSR count). The molecule has 6 nitrogen and oxygen atoms in total. The van der Waals surface area contributed by atoms with Crippen molar-refractivity contribution < 1.29 is 10.0 Å². The van der Waals surface area contributed by atoms with Gasteiger partial charge in [-0.05, 0) is 19.9 Å². The van der Waals surface area contributed by atoms with Gasteiger partial charge in [0.05, 0.1) is 10.5 Å². The first-order valence-corrected chi connectivity index (χ1v) is 4.83. The Morgan fingerprint density at radius 3 is 2.75 bits per heavy atom. The van der Waals surface area contributed by atoms with Gasteiger partial charge in [-0.15, -0.1) is 0 Å². The number of rotatable bonds is 4. The molecule has 0 bridgehead atoms. The zero-order chi connectivity index (χ0) is 12.3. The summed E-state index contributed by atoms with van der Waals surface area (Å²) in [6, 6.07) is 1.56. The Morgan fingerprint density at radius 1 is 1.62 bits per heavy atom. The molecule has 0 radical (unpaired) electrons. The highest BCUT2D eigenvalue weighted by Gasteiger charge is 2.21. The van der Waals surface area contributed by atoms with E-state index < -0.39 is 10.5 Å². The van der Waals surface area contributed by atoms with Crippen LogP contribution in [-0.2, 0) is 0 Å². The average Bonchev–Trinajstić information content (AvgIpc) is 2.15. The average molecular weight is 225 g/mol. The topological polar surface area (TPSA) is 79.5 Å². The quantitative estimate of drug-likeness (QED) is 0.615. The van der Waals surface area contributed by atoms with Crippen LogP contribution in [0.15, 0.2) is 18.5 Å². The van der Waals surface area contributed by atoms with Crippen LogP contribution in [0.5, 0.6) is 0 Å². The number of hydrogen-bond acceptors (Lipinski definition) is 5. The van der Waals surface area contributed by atoms with Gasteiger partial charge in [-0.25, -0.2) is 0 Å². The fourth-order valence-corrected chi connectivity index (χ4v) is 1.51. The van der Waals surface area contributed by atoms with Gasteiger partial charge in [0.2, 0.25) is 0 Å². The van der Waals surface area contributed by atoms with Crippen LogP contribution in [0.2, 0.25) is 0 Å². The molecule has 0 aliphatic heterocycles. The SMILES string of the molecule is CN(CC(C)(C)O)c1ccncc1[N+](=O)[O-]. The van der Waals surface area contributed by atoms with Gasteiger partial charge < -0.3 is 10.0 Å². The number of aromatic nitrogens is 1. The standard InChI is InChI=1S/C10H15N3O3/c1-10(2,14)7-12(3)8-4-5-11-6-9(8)13(15)16/h4-6,14H,7H2,1-3H3. The molecular weight excluding hydrogens is 210 g/mol. The third-order valence-electron chi connectivity index (χ3n) is 2.01. The first kappa shape index (κ1) is 12.4. The van der Waals surface area contributed by atoms with Crippen molar-refractivity contribution in [2.75, 3.05) is 18.5 Å². The van der Waals surface area contributed by atoms with E-state index in [0.29, 0.717) is 12.2 Å². The molecule has 0 aromatic carbocycles. The van der Waals surface area contributed by atoms with Crippen LogP contribution in [0.4, 0.5) is 11.4 Å². The van der Waals surface area contributed by atoms with Crippen molar-refractivity contribution in [2.45, 2.75) is 19.4 Å². The Morgan fingerprint density at radius 2 is 2.25 bits per heavy atom. The van der Waals surface area contributed by atoms with E-state index in [1.165, 1.54) is 12.4 Å². The third kappa shape index (κ3) is 3.16. The molecule has 0 atom stereocenters. The summed E-state index contributed by atoms with van der Waals surface area (Å²) >= 11 is 0. The number of pyridine rings is 1. The van der Waals surface area contributed by atoms with E-state index in [9.17, 15) is 15.2 Å². The van der Waals surface area contributed by atoms with Crippen LogP contribution >= 0.6 is 0 Å². The lowest BCUT2D eigenvalue weighted by Crippen LogP contribution is -2.36. The zero-order valence-corrected chi connectivity index (χ0v) is 9.54. The maximum atomic E-state index is 10.8. The molecule has 0 aliphatic carbocycles. The minimum atomic E-state index is -0.911. The molecule has 0 spiro atoms. The van der Waals surface area contributed by atoms with Crippen molar-refractivity contribution in [3.8, 4) is 0 Å². The smallest absolute Gasteiger partial charge is 0.310 e. The fraction of sp³-hybridized carbons (Fsp3) is 0.500. The summed E-state index contributed by atoms with van der Waals surface area (Å²) < 4.78 is 0. The molecule has 0 unspecified atom stereocenters. The van der Waals surface area contributed by atoms with Gasteiger partial charge in [0, 0.05) is 19.8 Å². The van der Waals surface area contributed by atoms with Crippen LogP contribution in [0, 0.1) is 10.1 Å². The summed E-state index contributed by atoms with van der Waals surface area (Å²) in [4.78, 5) is 15.6. The predicted molar refractivity (Wildman–Crippen MR) is 60.5 cm³/mol. The molecule has 0 saturated carbocycles. The first-order valence-electron chi connectivity index (χ1n) is 4.83. The van der Waals surface area contributed by atoms with Gasteiger partial charge in [0.25, 0.3) is 0 Å². The van der Waals surface area contributed by atoms with Crippen molar-refractivity contribution in [1.29, 1.82) is 0 Å². The number of nitro groups is 1. The molecule has 6 heteroatoms. The second-order valence-corrected chi connectivity index (χ2v) is 4.29. The molecule has 0 amide bonds. The highest BCUT2D eigenvalue weighted by atomic mass is 16.6. The summed E-state index contributed by atoms with van der Waals surface area (Å²) in [5.74, 6) is 0. The maximum absolute atomic E-state index is 10.8. The van der Waals surface area contributed by atoms with Gasteiger partial charge in [-0.2, -0.15) is 0 Å². The molecule has 88 valence electrons. The Hall–Kier alpha value is -1.69. The van der Waals surface area contributed by atoms with Crippen molar-refractivity contribution >= 4 is 11.4 Å². The molecule has 1 aromatic heterocycles. The van der Waals surface area contributed by atoms with Crippen molar-refractivity contribution in [2.24, 2.45) is 0 Å². The lowest BCUT2D eigenvalue weighted by molar-refractivity contribution is -0.384. The predicted octanol–water partition coefficient (Wildman–Crippen LogP) is 1.20. The zero-order valence-electron chi connectivity index (χ0n) is 9.54. The minimum absolute atomic E-state index is 0.0609. The van der Waals surface area contributed by atoms with Gasteiger partial charge in [-0.3, -0.25) is 15.1 Å². The van der Waals surface area contributed by atoms with Crippen LogP contribution in [0.3, 0.4) is 0 Å². The van der Waals surface area contributed by atoms with Crippen LogP contribution in [-0.4, -0.2) is 34.2 Å². The molecule has 1 heterocycles. The molecule has 0 fully saturated rings. The molecule has 0 aliphatic rings. The van der Waals surface area contributed by atoms with Crippen LogP contribution in [0.25, 0.3) is 0 Å². The molecule has 1 N–H and O–H groups in total. The Balaban J connectivity index is 2.99. The lowest BCUT2D eigenvalue weighted by atomic mass is 10.1. The van der Waals surface area contributed by atoms with Crippen molar-refractivity contribution in [3.05, 3.63) is 28.6 Å². The summed E-state index contributed by atoms with van der Waals surface area (Å²) in [6.45, 7) is 3.60. The van der Waals surface area contributed by atoms with E-state index in [0.717, 1.165) is 0 Å². The van der Waals surface area contributed by atoms with Crippen molar-refractivity contribution in [1.82, 2.24) is 4.98 Å². The van der Waals surface area contributed by atoms with Gasteiger partial charge >= 0.3 is 5.69 Å². The lowest BCUT2D eigenvalue weighted by Gasteiger charge is -2.26. The summed E-state index contributed by atoms with van der Waals surface area (Å²) in [5, 5.41) is 20.4. The number of anilines is 1. The fourth-order valence-electron chi connectivity index (χ4n) is 1.51. The Kier molecular flexibility index (Phi) is 3.44. The summed E-state index contributed by atoms with van der Waals surface area (Å²) in [5.41, 5.74) is -0.525. The van der Waals surface area contributed by atoms with Crippen LogP contribution in [0.1, 0.15) is 13.8 Å². The Labute approximate surface area is 93.7 Å². The normalized spacial score (nSPS) is 11.2. The number of hydrogen-bond donors (Lipinski definition) is 1. The maximum Gasteiger partial charge on any atom is 0.310 e. The van der Waals surface area contributed by atoms with Crippen molar-refractivity contribution in [3.63, 3.8) is 0 Å². The van der Waals surface area contributed by atoms with Crippen LogP contribution < -0.4 is 4.90 Å². The molecular formula is C10H15N3O3. The molecule has 0 saturated heterocycles. The number of nitrogens with zero attached hydrogens (tertiary/aromatic N) is 3. The number of aliphatic hydroxyl groups is 1. The van der Waals surface area contributed by atoms with E-state index in [1.54, 1.807) is 31.9 Å². The highest BCUT2D eigenvalue weighted by molar-refractivity contribution is 5.61. The van der Waals surface area contributed by atoms with E-state index in [-0.39, 0.29) is 5.69 Å². The minimum Gasteiger partial charge on any atom is -0.389 e. The highest BCUT2D eigenvalue weighted by Crippen LogP contribution is 2.26. The van der Waals surface area contributed by atoms with Gasteiger partial charge in [-0.1, -0.05) is 0 Å². The summed E-state index contributed by atoms with van der Waals surface area (Å²) in [6.07, 6.45) is 2.69. The Bertz CT molecular complexity index is 387. The molecule has 1 aromatic rings. The molecule has 16 heavy (non-hydrogen) atoms. The van der Waals surface area contributed by atoms with E-state index in [1.807, 2.05) is 0 Å². The van der Waals surface area contributed by atoms with E-state index in [2.05, 4.69) is 4.98 Å². The monoisotopic (exact) mass is 225 g/mol. The van der Waals surface area contributed by atoms with Gasteiger partial charge in [0.15, 0.2) is 0 Å². The summed E-state index contributed by atoms with van der Waals surface area (Å²) in [7, 11) is 1.69.